The van der Waals surface area contributed by atoms with Crippen molar-refractivity contribution in [3.63, 3.8) is 0 Å². The molecule has 19 heavy (non-hydrogen) atoms. The fraction of sp³-hybridized carbons (Fsp3) is 1.00. The van der Waals surface area contributed by atoms with Crippen LogP contribution in [0.1, 0.15) is 27.7 Å². The van der Waals surface area contributed by atoms with Gasteiger partial charge in [-0.15, -0.1) is 0 Å². The monoisotopic (exact) mass is 276 g/mol. The quantitative estimate of drug-likeness (QED) is 0.673. The molecule has 3 atom stereocenters. The van der Waals surface area contributed by atoms with Gasteiger partial charge in [0, 0.05) is 5.41 Å². The highest BCUT2D eigenvalue weighted by molar-refractivity contribution is 4.78. The van der Waals surface area contributed by atoms with E-state index in [1.807, 2.05) is 27.7 Å². The van der Waals surface area contributed by atoms with Crippen molar-refractivity contribution in [3.8, 4) is 0 Å². The molecule has 0 spiro atoms. The highest BCUT2D eigenvalue weighted by atomic mass is 16.6. The molecule has 3 unspecified atom stereocenters. The first-order valence-corrected chi connectivity index (χ1v) is 6.96. The Morgan fingerprint density at radius 2 is 1.58 bits per heavy atom. The SMILES string of the molecule is C(OCC1CO1)C1CO1.CC(C)C(O)C(C)(C)CO. The third-order valence-electron chi connectivity index (χ3n) is 3.25. The molecule has 5 nitrogen and oxygen atoms in total. The highest BCUT2D eigenvalue weighted by Crippen LogP contribution is 2.24. The Balaban J connectivity index is 0.000000190. The van der Waals surface area contributed by atoms with Crippen LogP contribution in [0, 0.1) is 11.3 Å². The van der Waals surface area contributed by atoms with Crippen LogP contribution in [-0.4, -0.2) is 61.6 Å². The minimum absolute atomic E-state index is 0.0341. The van der Waals surface area contributed by atoms with Gasteiger partial charge in [-0.05, 0) is 5.92 Å². The van der Waals surface area contributed by atoms with Crippen molar-refractivity contribution in [1.29, 1.82) is 0 Å². The second kappa shape index (κ2) is 7.55. The predicted octanol–water partition coefficient (Wildman–Crippen LogP) is 0.822. The number of aliphatic hydroxyl groups is 2. The van der Waals surface area contributed by atoms with E-state index < -0.39 is 6.10 Å². The number of hydrogen-bond donors (Lipinski definition) is 2. The molecule has 2 fully saturated rings. The van der Waals surface area contributed by atoms with E-state index in [-0.39, 0.29) is 17.9 Å². The average Bonchev–Trinajstić information content (AvgIpc) is 3.23. The lowest BCUT2D eigenvalue weighted by Crippen LogP contribution is -2.36. The Morgan fingerprint density at radius 3 is 1.79 bits per heavy atom. The van der Waals surface area contributed by atoms with E-state index in [1.165, 1.54) is 0 Å². The third kappa shape index (κ3) is 7.22. The zero-order chi connectivity index (χ0) is 14.5. The molecule has 0 aromatic rings. The Kier molecular flexibility index (Phi) is 6.69. The summed E-state index contributed by atoms with van der Waals surface area (Å²) in [6.07, 6.45) is 0.366. The Labute approximate surface area is 115 Å². The van der Waals surface area contributed by atoms with Crippen LogP contribution in [0.2, 0.25) is 0 Å². The smallest absolute Gasteiger partial charge is 0.104 e. The molecule has 2 aliphatic rings. The summed E-state index contributed by atoms with van der Waals surface area (Å²) >= 11 is 0. The Hall–Kier alpha value is -0.200. The van der Waals surface area contributed by atoms with E-state index in [0.717, 1.165) is 26.4 Å². The topological polar surface area (TPSA) is 74.8 Å². The van der Waals surface area contributed by atoms with Gasteiger partial charge in [0.25, 0.3) is 0 Å². The molecular weight excluding hydrogens is 248 g/mol. The van der Waals surface area contributed by atoms with Crippen LogP contribution in [0.3, 0.4) is 0 Å². The van der Waals surface area contributed by atoms with Gasteiger partial charge in [0.2, 0.25) is 0 Å². The molecule has 0 aliphatic carbocycles. The van der Waals surface area contributed by atoms with E-state index >= 15 is 0 Å². The van der Waals surface area contributed by atoms with Crippen LogP contribution < -0.4 is 0 Å². The summed E-state index contributed by atoms with van der Waals surface area (Å²) in [6.45, 7) is 10.9. The van der Waals surface area contributed by atoms with Crippen molar-refractivity contribution in [1.82, 2.24) is 0 Å². The van der Waals surface area contributed by atoms with Gasteiger partial charge in [0.1, 0.15) is 12.2 Å². The summed E-state index contributed by atoms with van der Waals surface area (Å²) in [6, 6.07) is 0. The summed E-state index contributed by atoms with van der Waals surface area (Å²) in [5.41, 5.74) is -0.367. The van der Waals surface area contributed by atoms with Gasteiger partial charge in [-0.25, -0.2) is 0 Å². The molecule has 0 amide bonds. The number of hydrogen-bond acceptors (Lipinski definition) is 5. The fourth-order valence-electron chi connectivity index (χ4n) is 1.66. The molecule has 0 saturated carbocycles. The largest absolute Gasteiger partial charge is 0.396 e. The molecule has 2 N–H and O–H groups in total. The maximum absolute atomic E-state index is 9.49. The first-order chi connectivity index (χ1) is 8.86. The van der Waals surface area contributed by atoms with E-state index in [0.29, 0.717) is 12.2 Å². The van der Waals surface area contributed by atoms with Crippen LogP contribution in [0.15, 0.2) is 0 Å². The van der Waals surface area contributed by atoms with Crippen molar-refractivity contribution in [2.75, 3.05) is 33.0 Å². The maximum Gasteiger partial charge on any atom is 0.104 e. The van der Waals surface area contributed by atoms with Crippen molar-refractivity contribution >= 4 is 0 Å². The summed E-state index contributed by atoms with van der Waals surface area (Å²) in [5.74, 6) is 0.210. The molecule has 0 radical (unpaired) electrons. The van der Waals surface area contributed by atoms with Crippen molar-refractivity contribution in [2.24, 2.45) is 11.3 Å². The lowest BCUT2D eigenvalue weighted by molar-refractivity contribution is -0.0204. The van der Waals surface area contributed by atoms with Gasteiger partial charge in [0.05, 0.1) is 39.1 Å². The summed E-state index contributed by atoms with van der Waals surface area (Å²) < 4.78 is 15.1. The standard InChI is InChI=1S/C8H18O2.C6H10O3/c1-6(2)7(10)8(3,4)5-9;1(5-3-8-5)7-2-6-4-9-6/h6-7,9-10H,5H2,1-4H3;5-6H,1-4H2. The van der Waals surface area contributed by atoms with Gasteiger partial charge in [-0.1, -0.05) is 27.7 Å². The van der Waals surface area contributed by atoms with Crippen molar-refractivity contribution < 1.29 is 24.4 Å². The lowest BCUT2D eigenvalue weighted by atomic mass is 9.82. The number of rotatable bonds is 7. The first kappa shape index (κ1) is 16.9. The van der Waals surface area contributed by atoms with E-state index in [1.54, 1.807) is 0 Å². The van der Waals surface area contributed by atoms with Gasteiger partial charge < -0.3 is 24.4 Å². The molecule has 2 saturated heterocycles. The van der Waals surface area contributed by atoms with Crippen LogP contribution >= 0.6 is 0 Å². The van der Waals surface area contributed by atoms with Gasteiger partial charge in [0.15, 0.2) is 0 Å². The molecule has 2 aliphatic heterocycles. The molecule has 0 bridgehead atoms. The zero-order valence-corrected chi connectivity index (χ0v) is 12.5. The molecular formula is C14H28O5. The van der Waals surface area contributed by atoms with Crippen LogP contribution in [0.4, 0.5) is 0 Å². The summed E-state index contributed by atoms with van der Waals surface area (Å²) in [4.78, 5) is 0. The van der Waals surface area contributed by atoms with Crippen molar-refractivity contribution in [2.45, 2.75) is 46.0 Å². The Morgan fingerprint density at radius 1 is 1.16 bits per heavy atom. The Bertz CT molecular complexity index is 234. The van der Waals surface area contributed by atoms with Crippen LogP contribution in [0.5, 0.6) is 0 Å². The highest BCUT2D eigenvalue weighted by Gasteiger charge is 2.29. The third-order valence-corrected chi connectivity index (χ3v) is 3.25. The molecule has 114 valence electrons. The minimum atomic E-state index is -0.419. The van der Waals surface area contributed by atoms with Gasteiger partial charge in [-0.2, -0.15) is 0 Å². The fourth-order valence-corrected chi connectivity index (χ4v) is 1.66. The second-order valence-corrected chi connectivity index (χ2v) is 6.28. The normalized spacial score (nSPS) is 26.7. The average molecular weight is 276 g/mol. The predicted molar refractivity (Wildman–Crippen MR) is 72.0 cm³/mol. The van der Waals surface area contributed by atoms with E-state index in [9.17, 15) is 5.11 Å². The van der Waals surface area contributed by atoms with Crippen molar-refractivity contribution in [3.05, 3.63) is 0 Å². The second-order valence-electron chi connectivity index (χ2n) is 6.28. The molecule has 2 heterocycles. The van der Waals surface area contributed by atoms with Crippen LogP contribution in [-0.2, 0) is 14.2 Å². The van der Waals surface area contributed by atoms with Gasteiger partial charge >= 0.3 is 0 Å². The van der Waals surface area contributed by atoms with Crippen LogP contribution in [0.25, 0.3) is 0 Å². The lowest BCUT2D eigenvalue weighted by Gasteiger charge is -2.30. The van der Waals surface area contributed by atoms with E-state index in [4.69, 9.17) is 19.3 Å². The summed E-state index contributed by atoms with van der Waals surface area (Å²) in [7, 11) is 0. The molecule has 2 rings (SSSR count). The first-order valence-electron chi connectivity index (χ1n) is 6.96. The van der Waals surface area contributed by atoms with E-state index in [2.05, 4.69) is 0 Å². The van der Waals surface area contributed by atoms with Gasteiger partial charge in [-0.3, -0.25) is 0 Å². The molecule has 5 heteroatoms. The zero-order valence-electron chi connectivity index (χ0n) is 12.5. The number of aliphatic hydroxyl groups excluding tert-OH is 2. The minimum Gasteiger partial charge on any atom is -0.396 e. The number of ether oxygens (including phenoxy) is 3. The molecule has 0 aromatic heterocycles. The maximum atomic E-state index is 9.49. The molecule has 0 aromatic carbocycles. The number of epoxide rings is 2. The summed E-state index contributed by atoms with van der Waals surface area (Å²) in [5, 5.41) is 18.3.